The number of aryl methyl sites for hydroxylation is 1. The van der Waals surface area contributed by atoms with Crippen LogP contribution in [0, 0.1) is 5.41 Å². The summed E-state index contributed by atoms with van der Waals surface area (Å²) in [5, 5.41) is 24.9. The number of benzene rings is 1. The van der Waals surface area contributed by atoms with E-state index in [1.165, 1.54) is 5.56 Å². The second kappa shape index (κ2) is 12.3. The van der Waals surface area contributed by atoms with Gasteiger partial charge < -0.3 is 32.1 Å². The molecule has 31 heavy (non-hydrogen) atoms. The summed E-state index contributed by atoms with van der Waals surface area (Å²) in [5.41, 5.74) is 10.6. The largest absolute Gasteiger partial charge is 0.475 e. The molecule has 1 aliphatic rings. The Bertz CT molecular complexity index is 735. The van der Waals surface area contributed by atoms with Crippen molar-refractivity contribution >= 4 is 24.9 Å². The maximum absolute atomic E-state index is 13.1. The fourth-order valence-corrected chi connectivity index (χ4v) is 3.97. The van der Waals surface area contributed by atoms with Crippen molar-refractivity contribution in [3.8, 4) is 0 Å². The van der Waals surface area contributed by atoms with Crippen molar-refractivity contribution in [3.63, 3.8) is 0 Å². The van der Waals surface area contributed by atoms with E-state index in [1.807, 2.05) is 30.3 Å². The van der Waals surface area contributed by atoms with Crippen molar-refractivity contribution < 1.29 is 19.6 Å². The Morgan fingerprint density at radius 1 is 1.10 bits per heavy atom. The van der Waals surface area contributed by atoms with Gasteiger partial charge in [-0.05, 0) is 44.1 Å². The number of rotatable bonds is 12. The molecule has 0 bridgehead atoms. The number of hydrogen-bond donors (Lipinski definition) is 6. The third kappa shape index (κ3) is 7.55. The van der Waals surface area contributed by atoms with Crippen molar-refractivity contribution in [2.75, 3.05) is 13.1 Å². The SMILES string of the molecule is NC(N)=NCCC[C@H](NC(=O)C1(C(=O)NCCCc2ccccc2)CCCC1)B(O)O. The van der Waals surface area contributed by atoms with E-state index in [0.29, 0.717) is 32.4 Å². The van der Waals surface area contributed by atoms with E-state index in [-0.39, 0.29) is 18.3 Å². The lowest BCUT2D eigenvalue weighted by Gasteiger charge is -2.29. The van der Waals surface area contributed by atoms with Gasteiger partial charge in [-0.1, -0.05) is 43.2 Å². The molecule has 1 aromatic carbocycles. The molecule has 0 heterocycles. The number of amides is 2. The van der Waals surface area contributed by atoms with E-state index in [9.17, 15) is 19.6 Å². The van der Waals surface area contributed by atoms with Gasteiger partial charge in [0.2, 0.25) is 11.8 Å². The Morgan fingerprint density at radius 3 is 2.39 bits per heavy atom. The van der Waals surface area contributed by atoms with Crippen LogP contribution in [0.1, 0.15) is 50.5 Å². The van der Waals surface area contributed by atoms with Gasteiger partial charge in [0.05, 0.1) is 5.94 Å². The van der Waals surface area contributed by atoms with Gasteiger partial charge in [-0.3, -0.25) is 14.6 Å². The number of hydrogen-bond acceptors (Lipinski definition) is 5. The number of carbonyl (C=O) groups is 2. The molecule has 1 aromatic rings. The third-order valence-electron chi connectivity index (χ3n) is 5.74. The topological polar surface area (TPSA) is 163 Å². The highest BCUT2D eigenvalue weighted by Crippen LogP contribution is 2.39. The lowest BCUT2D eigenvalue weighted by Crippen LogP contribution is -2.55. The van der Waals surface area contributed by atoms with Crippen LogP contribution in [0.25, 0.3) is 0 Å². The minimum absolute atomic E-state index is 0.0426. The number of nitrogens with one attached hydrogen (secondary N) is 2. The van der Waals surface area contributed by atoms with Gasteiger partial charge in [-0.25, -0.2) is 0 Å². The third-order valence-corrected chi connectivity index (χ3v) is 5.74. The number of carbonyl (C=O) groups excluding carboxylic acids is 2. The molecule has 0 spiro atoms. The van der Waals surface area contributed by atoms with Crippen molar-refractivity contribution in [1.82, 2.24) is 10.6 Å². The number of guanidine groups is 1. The van der Waals surface area contributed by atoms with Crippen LogP contribution in [0.4, 0.5) is 0 Å². The average Bonchev–Trinajstić information content (AvgIpc) is 3.25. The highest BCUT2D eigenvalue weighted by Gasteiger charge is 2.48. The lowest BCUT2D eigenvalue weighted by atomic mass is 9.75. The Morgan fingerprint density at radius 2 is 1.77 bits per heavy atom. The van der Waals surface area contributed by atoms with Crippen molar-refractivity contribution in [2.24, 2.45) is 21.9 Å². The van der Waals surface area contributed by atoms with Crippen LogP contribution >= 0.6 is 0 Å². The monoisotopic (exact) mass is 431 g/mol. The molecule has 0 radical (unpaired) electrons. The van der Waals surface area contributed by atoms with E-state index in [1.54, 1.807) is 0 Å². The summed E-state index contributed by atoms with van der Waals surface area (Å²) in [4.78, 5) is 29.9. The summed E-state index contributed by atoms with van der Waals surface area (Å²) in [6.45, 7) is 0.793. The average molecular weight is 431 g/mol. The minimum atomic E-state index is -1.74. The lowest BCUT2D eigenvalue weighted by molar-refractivity contribution is -0.143. The quantitative estimate of drug-likeness (QED) is 0.0886. The van der Waals surface area contributed by atoms with E-state index in [2.05, 4.69) is 15.6 Å². The molecular formula is C21H34BN5O4. The molecule has 1 aliphatic carbocycles. The van der Waals surface area contributed by atoms with Crippen LogP contribution in [0.2, 0.25) is 0 Å². The van der Waals surface area contributed by atoms with Gasteiger partial charge in [0.25, 0.3) is 0 Å². The van der Waals surface area contributed by atoms with Gasteiger partial charge in [-0.2, -0.15) is 0 Å². The van der Waals surface area contributed by atoms with Gasteiger partial charge in [-0.15, -0.1) is 0 Å². The molecule has 8 N–H and O–H groups in total. The van der Waals surface area contributed by atoms with Crippen LogP contribution in [0.5, 0.6) is 0 Å². The molecule has 170 valence electrons. The molecule has 10 heteroatoms. The van der Waals surface area contributed by atoms with Crippen molar-refractivity contribution in [3.05, 3.63) is 35.9 Å². The zero-order chi connectivity index (χ0) is 22.7. The number of aliphatic imine (C=N–C) groups is 1. The Labute approximate surface area is 183 Å². The number of nitrogens with zero attached hydrogens (tertiary/aromatic N) is 1. The van der Waals surface area contributed by atoms with Crippen molar-refractivity contribution in [2.45, 2.75) is 57.3 Å². The highest BCUT2D eigenvalue weighted by molar-refractivity contribution is 6.43. The molecule has 0 saturated heterocycles. The standard InChI is InChI=1S/C21H34BN5O4/c23-20(24)26-15-7-11-17(22(30)31)27-19(29)21(12-4-5-13-21)18(28)25-14-6-10-16-8-2-1-3-9-16/h1-3,8-9,17,30-31H,4-7,10-15H2,(H,25,28)(H,27,29)(H4,23,24,26)/t17-/m0/s1. The minimum Gasteiger partial charge on any atom is -0.426 e. The summed E-state index contributed by atoms with van der Waals surface area (Å²) in [5.74, 6) is -1.68. The highest BCUT2D eigenvalue weighted by atomic mass is 16.4. The van der Waals surface area contributed by atoms with E-state index in [0.717, 1.165) is 25.7 Å². The normalized spacial score (nSPS) is 15.7. The van der Waals surface area contributed by atoms with Gasteiger partial charge >= 0.3 is 7.12 Å². The second-order valence-corrected chi connectivity index (χ2v) is 8.08. The predicted molar refractivity (Wildman–Crippen MR) is 121 cm³/mol. The first-order valence-electron chi connectivity index (χ1n) is 10.9. The predicted octanol–water partition coefficient (Wildman–Crippen LogP) is -0.154. The molecule has 2 amide bonds. The molecule has 1 saturated carbocycles. The first-order chi connectivity index (χ1) is 14.8. The second-order valence-electron chi connectivity index (χ2n) is 8.08. The summed E-state index contributed by atoms with van der Waals surface area (Å²) in [6, 6.07) is 10.0. The maximum Gasteiger partial charge on any atom is 0.475 e. The van der Waals surface area contributed by atoms with Gasteiger partial charge in [0.15, 0.2) is 5.96 Å². The molecule has 0 aliphatic heterocycles. The molecule has 1 fully saturated rings. The molecule has 0 aromatic heterocycles. The first-order valence-corrected chi connectivity index (χ1v) is 10.9. The van der Waals surface area contributed by atoms with Crippen LogP contribution in [-0.4, -0.2) is 54.0 Å². The Kier molecular flexibility index (Phi) is 9.80. The Balaban J connectivity index is 1.90. The van der Waals surface area contributed by atoms with E-state index < -0.39 is 24.4 Å². The molecular weight excluding hydrogens is 397 g/mol. The summed E-state index contributed by atoms with van der Waals surface area (Å²) < 4.78 is 0. The maximum atomic E-state index is 13.1. The molecule has 1 atom stereocenters. The molecule has 2 rings (SSSR count). The Hall–Kier alpha value is -2.59. The van der Waals surface area contributed by atoms with Crippen LogP contribution in [0.3, 0.4) is 0 Å². The summed E-state index contributed by atoms with van der Waals surface area (Å²) in [6.07, 6.45) is 4.81. The fraction of sp³-hybridized carbons (Fsp3) is 0.571. The van der Waals surface area contributed by atoms with E-state index >= 15 is 0 Å². The molecule has 9 nitrogen and oxygen atoms in total. The zero-order valence-corrected chi connectivity index (χ0v) is 17.9. The summed E-state index contributed by atoms with van der Waals surface area (Å²) in [7, 11) is -1.74. The van der Waals surface area contributed by atoms with Crippen molar-refractivity contribution in [1.29, 1.82) is 0 Å². The fourth-order valence-electron chi connectivity index (χ4n) is 3.97. The first kappa shape index (κ1) is 24.7. The zero-order valence-electron chi connectivity index (χ0n) is 17.9. The number of nitrogens with two attached hydrogens (primary N) is 2. The van der Waals surface area contributed by atoms with Crippen LogP contribution in [-0.2, 0) is 16.0 Å². The smallest absolute Gasteiger partial charge is 0.426 e. The van der Waals surface area contributed by atoms with Gasteiger partial charge in [0.1, 0.15) is 5.41 Å². The summed E-state index contributed by atoms with van der Waals surface area (Å²) >= 11 is 0. The van der Waals surface area contributed by atoms with Gasteiger partial charge in [0, 0.05) is 13.1 Å². The van der Waals surface area contributed by atoms with Crippen LogP contribution < -0.4 is 22.1 Å². The molecule has 0 unspecified atom stereocenters. The van der Waals surface area contributed by atoms with Crippen LogP contribution in [0.15, 0.2) is 35.3 Å². The van der Waals surface area contributed by atoms with E-state index in [4.69, 9.17) is 11.5 Å².